The van der Waals surface area contributed by atoms with Gasteiger partial charge in [0.25, 0.3) is 11.8 Å². The predicted molar refractivity (Wildman–Crippen MR) is 150 cm³/mol. The second kappa shape index (κ2) is 10.9. The highest BCUT2D eigenvalue weighted by molar-refractivity contribution is 6.22. The number of aryl methyl sites for hydroxylation is 1. The first-order chi connectivity index (χ1) is 19.5. The van der Waals surface area contributed by atoms with Crippen LogP contribution in [0.25, 0.3) is 0 Å². The van der Waals surface area contributed by atoms with E-state index in [1.165, 1.54) is 6.07 Å². The topological polar surface area (TPSA) is 57.7 Å². The Balaban J connectivity index is 1.39. The average molecular weight is 533 g/mol. The van der Waals surface area contributed by atoms with E-state index in [0.29, 0.717) is 29.7 Å². The molecular weight excluding hydrogens is 503 g/mol. The molecule has 6 rings (SSSR count). The second-order valence-corrected chi connectivity index (χ2v) is 10.5. The van der Waals surface area contributed by atoms with Crippen molar-refractivity contribution >= 4 is 17.7 Å². The molecule has 4 aromatic rings. The van der Waals surface area contributed by atoms with Gasteiger partial charge in [-0.15, -0.1) is 0 Å². The van der Waals surface area contributed by atoms with E-state index in [1.807, 2.05) is 54.6 Å². The summed E-state index contributed by atoms with van der Waals surface area (Å²) >= 11 is 0. The summed E-state index contributed by atoms with van der Waals surface area (Å²) < 4.78 is 14.8. The number of fused-ring (bicyclic) bond motifs is 2. The number of nitrogens with zero attached hydrogens (tertiary/aromatic N) is 2. The van der Waals surface area contributed by atoms with Gasteiger partial charge in [-0.3, -0.25) is 19.3 Å². The van der Waals surface area contributed by atoms with Crippen LogP contribution in [0.15, 0.2) is 103 Å². The van der Waals surface area contributed by atoms with Gasteiger partial charge in [-0.2, -0.15) is 0 Å². The minimum Gasteiger partial charge on any atom is -0.329 e. The number of hydrogen-bond donors (Lipinski definition) is 0. The molecule has 0 saturated heterocycles. The van der Waals surface area contributed by atoms with E-state index in [2.05, 4.69) is 6.07 Å². The molecule has 2 atom stereocenters. The van der Waals surface area contributed by atoms with Crippen LogP contribution in [0.4, 0.5) is 4.39 Å². The third-order valence-corrected chi connectivity index (χ3v) is 8.07. The second-order valence-electron chi connectivity index (χ2n) is 10.5. The molecule has 1 aliphatic carbocycles. The van der Waals surface area contributed by atoms with Crippen LogP contribution >= 0.6 is 0 Å². The maximum absolute atomic E-state index is 14.8. The first kappa shape index (κ1) is 25.7. The molecule has 0 aromatic heterocycles. The fraction of sp³-hybridized carbons (Fsp3) is 0.206. The molecule has 200 valence electrons. The molecule has 0 fully saturated rings. The zero-order chi connectivity index (χ0) is 27.6. The van der Waals surface area contributed by atoms with Gasteiger partial charge >= 0.3 is 0 Å². The molecule has 40 heavy (non-hydrogen) atoms. The van der Waals surface area contributed by atoms with Crippen molar-refractivity contribution in [1.82, 2.24) is 9.80 Å². The Morgan fingerprint density at radius 3 is 2.15 bits per heavy atom. The van der Waals surface area contributed by atoms with E-state index in [1.54, 1.807) is 41.3 Å². The van der Waals surface area contributed by atoms with Gasteiger partial charge in [-0.05, 0) is 65.6 Å². The maximum Gasteiger partial charge on any atom is 0.262 e. The Hall–Kier alpha value is -4.58. The number of hydrogen-bond acceptors (Lipinski definition) is 3. The summed E-state index contributed by atoms with van der Waals surface area (Å²) in [4.78, 5) is 43.3. The van der Waals surface area contributed by atoms with Gasteiger partial charge in [0.1, 0.15) is 12.4 Å². The monoisotopic (exact) mass is 532 g/mol. The third-order valence-electron chi connectivity index (χ3n) is 8.07. The highest BCUT2D eigenvalue weighted by Gasteiger charge is 2.41. The van der Waals surface area contributed by atoms with E-state index in [4.69, 9.17) is 0 Å². The first-order valence-electron chi connectivity index (χ1n) is 13.6. The maximum atomic E-state index is 14.8. The van der Waals surface area contributed by atoms with Crippen molar-refractivity contribution < 1.29 is 18.8 Å². The van der Waals surface area contributed by atoms with Gasteiger partial charge in [0.2, 0.25) is 5.91 Å². The lowest BCUT2D eigenvalue weighted by atomic mass is 9.76. The van der Waals surface area contributed by atoms with E-state index < -0.39 is 11.8 Å². The molecule has 0 radical (unpaired) electrons. The third kappa shape index (κ3) is 4.81. The number of imide groups is 1. The highest BCUT2D eigenvalue weighted by Crippen LogP contribution is 2.41. The quantitative estimate of drug-likeness (QED) is 0.275. The molecule has 4 aromatic carbocycles. The SMILES string of the molecule is O=C1c2ccccc2C(=O)N1CC(=O)N(Cc1ccccc1)C1c2ccccc2CCC1Cc1ccccc1F. The summed E-state index contributed by atoms with van der Waals surface area (Å²) in [6.07, 6.45) is 2.08. The van der Waals surface area contributed by atoms with Crippen molar-refractivity contribution in [3.8, 4) is 0 Å². The molecule has 2 unspecified atom stereocenters. The van der Waals surface area contributed by atoms with Crippen molar-refractivity contribution in [1.29, 1.82) is 0 Å². The summed E-state index contributed by atoms with van der Waals surface area (Å²) in [5.41, 5.74) is 4.37. The normalized spacial score (nSPS) is 17.9. The zero-order valence-corrected chi connectivity index (χ0v) is 22.0. The van der Waals surface area contributed by atoms with Crippen LogP contribution in [0.5, 0.6) is 0 Å². The molecule has 1 heterocycles. The zero-order valence-electron chi connectivity index (χ0n) is 22.0. The molecule has 5 nitrogen and oxygen atoms in total. The van der Waals surface area contributed by atoms with Gasteiger partial charge in [0, 0.05) is 6.54 Å². The summed E-state index contributed by atoms with van der Waals surface area (Å²) in [5, 5.41) is 0. The molecule has 0 bridgehead atoms. The Labute approximate surface area is 232 Å². The average Bonchev–Trinajstić information content (AvgIpc) is 3.22. The minimum atomic E-state index is -0.458. The smallest absolute Gasteiger partial charge is 0.262 e. The number of amides is 3. The van der Waals surface area contributed by atoms with E-state index in [9.17, 15) is 18.8 Å². The molecule has 0 saturated carbocycles. The van der Waals surface area contributed by atoms with Gasteiger partial charge in [-0.1, -0.05) is 84.9 Å². The van der Waals surface area contributed by atoms with E-state index >= 15 is 0 Å². The predicted octanol–water partition coefficient (Wildman–Crippen LogP) is 6.00. The standard InChI is InChI=1S/C34H29FN2O3/c35-30-17-9-5-13-25(30)20-26-19-18-24-12-4-6-14-27(24)32(26)36(21-23-10-2-1-3-11-23)31(38)22-37-33(39)28-15-7-8-16-29(28)34(37)40/h1-17,26,32H,18-22H2. The van der Waals surface area contributed by atoms with Crippen LogP contribution in [0, 0.1) is 11.7 Å². The van der Waals surface area contributed by atoms with Crippen LogP contribution in [0.1, 0.15) is 55.4 Å². The first-order valence-corrected chi connectivity index (χ1v) is 13.6. The lowest BCUT2D eigenvalue weighted by Gasteiger charge is -2.42. The van der Waals surface area contributed by atoms with Crippen LogP contribution in [-0.4, -0.2) is 34.1 Å². The fourth-order valence-electron chi connectivity index (χ4n) is 6.12. The summed E-state index contributed by atoms with van der Waals surface area (Å²) in [7, 11) is 0. The minimum absolute atomic E-state index is 0.0540. The Morgan fingerprint density at radius 1 is 0.800 bits per heavy atom. The number of benzene rings is 4. The number of carbonyl (C=O) groups excluding carboxylic acids is 3. The van der Waals surface area contributed by atoms with Crippen molar-refractivity contribution in [3.05, 3.63) is 142 Å². The fourth-order valence-corrected chi connectivity index (χ4v) is 6.12. The van der Waals surface area contributed by atoms with Gasteiger partial charge in [0.15, 0.2) is 0 Å². The molecular formula is C34H29FN2O3. The van der Waals surface area contributed by atoms with E-state index in [0.717, 1.165) is 34.4 Å². The molecule has 0 N–H and O–H groups in total. The summed E-state index contributed by atoms with van der Waals surface area (Å²) in [6.45, 7) is -0.0557. The molecule has 0 spiro atoms. The number of rotatable bonds is 7. The Bertz CT molecular complexity index is 1550. The molecule has 2 aliphatic rings. The van der Waals surface area contributed by atoms with Crippen LogP contribution in [0.2, 0.25) is 0 Å². The summed E-state index contributed by atoms with van der Waals surface area (Å²) in [6, 6.07) is 30.9. The lowest BCUT2D eigenvalue weighted by molar-refractivity contribution is -0.136. The van der Waals surface area contributed by atoms with E-state index in [-0.39, 0.29) is 30.2 Å². The lowest BCUT2D eigenvalue weighted by Crippen LogP contribution is -2.46. The molecule has 3 amide bonds. The summed E-state index contributed by atoms with van der Waals surface area (Å²) in [5.74, 6) is -1.55. The Morgan fingerprint density at radius 2 is 1.43 bits per heavy atom. The van der Waals surface area contributed by atoms with Crippen molar-refractivity contribution in [2.24, 2.45) is 5.92 Å². The van der Waals surface area contributed by atoms with Gasteiger partial charge in [-0.25, -0.2) is 4.39 Å². The van der Waals surface area contributed by atoms with Crippen LogP contribution in [-0.2, 0) is 24.2 Å². The van der Waals surface area contributed by atoms with Gasteiger partial charge < -0.3 is 4.90 Å². The number of halogens is 1. The van der Waals surface area contributed by atoms with Crippen LogP contribution < -0.4 is 0 Å². The Kier molecular flexibility index (Phi) is 6.99. The highest BCUT2D eigenvalue weighted by atomic mass is 19.1. The van der Waals surface area contributed by atoms with Gasteiger partial charge in [0.05, 0.1) is 17.2 Å². The number of carbonyl (C=O) groups is 3. The largest absolute Gasteiger partial charge is 0.329 e. The van der Waals surface area contributed by atoms with Crippen molar-refractivity contribution in [3.63, 3.8) is 0 Å². The van der Waals surface area contributed by atoms with Crippen LogP contribution in [0.3, 0.4) is 0 Å². The van der Waals surface area contributed by atoms with Crippen molar-refractivity contribution in [2.45, 2.75) is 31.8 Å². The van der Waals surface area contributed by atoms with Crippen molar-refractivity contribution in [2.75, 3.05) is 6.54 Å². The molecule has 1 aliphatic heterocycles. The molecule has 6 heteroatoms.